The van der Waals surface area contributed by atoms with E-state index in [2.05, 4.69) is 31.6 Å². The molecule has 0 saturated carbocycles. The Bertz CT molecular complexity index is 738. The lowest BCUT2D eigenvalue weighted by Crippen LogP contribution is -2.36. The molecular weight excluding hydrogens is 338 g/mol. The summed E-state index contributed by atoms with van der Waals surface area (Å²) in [6.07, 6.45) is 12.1. The zero-order chi connectivity index (χ0) is 18.5. The predicted octanol–water partition coefficient (Wildman–Crippen LogP) is 2.88. The van der Waals surface area contributed by atoms with Gasteiger partial charge >= 0.3 is 0 Å². The maximum absolute atomic E-state index is 12.3. The number of aromatic nitrogens is 3. The first-order chi connectivity index (χ1) is 13.3. The van der Waals surface area contributed by atoms with E-state index in [4.69, 9.17) is 0 Å². The number of hydrogen-bond acceptors (Lipinski definition) is 4. The molecule has 0 radical (unpaired) electrons. The van der Waals surface area contributed by atoms with Gasteiger partial charge in [0.2, 0.25) is 11.9 Å². The topological polar surface area (TPSA) is 54.3 Å². The second-order valence-electron chi connectivity index (χ2n) is 7.79. The first kappa shape index (κ1) is 18.2. The summed E-state index contributed by atoms with van der Waals surface area (Å²) in [6.45, 7) is 5.04. The summed E-state index contributed by atoms with van der Waals surface area (Å²) in [5.74, 6) is 1.71. The van der Waals surface area contributed by atoms with E-state index in [1.165, 1.54) is 31.4 Å². The van der Waals surface area contributed by atoms with Gasteiger partial charge in [0, 0.05) is 56.9 Å². The van der Waals surface area contributed by atoms with Gasteiger partial charge in [-0.3, -0.25) is 14.3 Å². The van der Waals surface area contributed by atoms with Crippen LogP contribution in [0.5, 0.6) is 0 Å². The average Bonchev–Trinajstić information content (AvgIpc) is 3.39. The van der Waals surface area contributed by atoms with E-state index in [0.29, 0.717) is 18.2 Å². The molecule has 0 bridgehead atoms. The van der Waals surface area contributed by atoms with Crippen molar-refractivity contribution in [1.82, 2.24) is 24.3 Å². The number of amides is 1. The number of rotatable bonds is 6. The molecule has 2 aliphatic heterocycles. The van der Waals surface area contributed by atoms with E-state index in [9.17, 15) is 4.79 Å². The Morgan fingerprint density at radius 2 is 1.89 bits per heavy atom. The third kappa shape index (κ3) is 4.56. The number of carbonyl (C=O) groups is 1. The van der Waals surface area contributed by atoms with Crippen LogP contribution in [0.2, 0.25) is 0 Å². The van der Waals surface area contributed by atoms with Gasteiger partial charge < -0.3 is 4.90 Å². The zero-order valence-corrected chi connectivity index (χ0v) is 16.0. The standard InChI is InChI=1S/C21H29N5O/c27-20(25-13-1-2-14-25)9-8-18-6-3-12-24(16-18)17-19-7-4-15-26(19)21-22-10-5-11-23-21/h4-5,7,10-11,15,18H,1-3,6,8-9,12-14,16-17H2/t18-/m1/s1. The zero-order valence-electron chi connectivity index (χ0n) is 16.0. The quantitative estimate of drug-likeness (QED) is 0.788. The van der Waals surface area contributed by atoms with E-state index in [1.54, 1.807) is 12.4 Å². The summed E-state index contributed by atoms with van der Waals surface area (Å²) in [5.41, 5.74) is 1.22. The molecule has 27 heavy (non-hydrogen) atoms. The molecule has 0 aromatic carbocycles. The van der Waals surface area contributed by atoms with Crippen molar-refractivity contribution in [1.29, 1.82) is 0 Å². The minimum atomic E-state index is 0.361. The van der Waals surface area contributed by atoms with Gasteiger partial charge in [-0.05, 0) is 62.8 Å². The van der Waals surface area contributed by atoms with Crippen molar-refractivity contribution in [2.45, 2.75) is 45.1 Å². The summed E-state index contributed by atoms with van der Waals surface area (Å²) < 4.78 is 2.07. The van der Waals surface area contributed by atoms with Crippen LogP contribution in [0.3, 0.4) is 0 Å². The number of likely N-dealkylation sites (tertiary alicyclic amines) is 2. The van der Waals surface area contributed by atoms with Crippen LogP contribution in [-0.2, 0) is 11.3 Å². The van der Waals surface area contributed by atoms with Crippen molar-refractivity contribution in [3.8, 4) is 5.95 Å². The molecule has 0 spiro atoms. The Morgan fingerprint density at radius 3 is 2.70 bits per heavy atom. The van der Waals surface area contributed by atoms with Gasteiger partial charge in [-0.25, -0.2) is 9.97 Å². The first-order valence-electron chi connectivity index (χ1n) is 10.2. The van der Waals surface area contributed by atoms with Gasteiger partial charge in [-0.2, -0.15) is 0 Å². The lowest BCUT2D eigenvalue weighted by molar-refractivity contribution is -0.130. The fourth-order valence-electron chi connectivity index (χ4n) is 4.37. The van der Waals surface area contributed by atoms with Crippen LogP contribution < -0.4 is 0 Å². The maximum Gasteiger partial charge on any atom is 0.233 e. The molecule has 4 heterocycles. The summed E-state index contributed by atoms with van der Waals surface area (Å²) in [6, 6.07) is 6.05. The normalized spacial score (nSPS) is 20.9. The van der Waals surface area contributed by atoms with Gasteiger partial charge in [0.25, 0.3) is 0 Å². The molecule has 6 heteroatoms. The first-order valence-corrected chi connectivity index (χ1v) is 10.2. The van der Waals surface area contributed by atoms with Crippen LogP contribution in [0.25, 0.3) is 5.95 Å². The highest BCUT2D eigenvalue weighted by atomic mass is 16.2. The Morgan fingerprint density at radius 1 is 1.07 bits per heavy atom. The van der Waals surface area contributed by atoms with Gasteiger partial charge in [-0.15, -0.1) is 0 Å². The van der Waals surface area contributed by atoms with E-state index >= 15 is 0 Å². The minimum Gasteiger partial charge on any atom is -0.343 e. The van der Waals surface area contributed by atoms with E-state index < -0.39 is 0 Å². The van der Waals surface area contributed by atoms with E-state index in [1.807, 2.05) is 17.2 Å². The van der Waals surface area contributed by atoms with Crippen molar-refractivity contribution in [2.75, 3.05) is 26.2 Å². The molecule has 4 rings (SSSR count). The van der Waals surface area contributed by atoms with Gasteiger partial charge in [0.05, 0.1) is 0 Å². The van der Waals surface area contributed by atoms with Crippen LogP contribution in [0.1, 0.15) is 44.2 Å². The fourth-order valence-corrected chi connectivity index (χ4v) is 4.37. The number of hydrogen-bond donors (Lipinski definition) is 0. The largest absolute Gasteiger partial charge is 0.343 e. The highest BCUT2D eigenvalue weighted by Crippen LogP contribution is 2.24. The summed E-state index contributed by atoms with van der Waals surface area (Å²) in [4.78, 5) is 25.6. The smallest absolute Gasteiger partial charge is 0.233 e. The molecule has 2 fully saturated rings. The third-order valence-electron chi connectivity index (χ3n) is 5.81. The molecule has 2 aromatic rings. The highest BCUT2D eigenvalue weighted by Gasteiger charge is 2.23. The molecule has 2 aromatic heterocycles. The average molecular weight is 367 g/mol. The molecule has 2 saturated heterocycles. The molecular formula is C21H29N5O. The third-order valence-corrected chi connectivity index (χ3v) is 5.81. The van der Waals surface area contributed by atoms with Crippen LogP contribution >= 0.6 is 0 Å². The molecule has 1 atom stereocenters. The van der Waals surface area contributed by atoms with Crippen molar-refractivity contribution in [2.24, 2.45) is 5.92 Å². The van der Waals surface area contributed by atoms with Gasteiger partial charge in [0.15, 0.2) is 0 Å². The second kappa shape index (κ2) is 8.65. The molecule has 0 aliphatic carbocycles. The van der Waals surface area contributed by atoms with Gasteiger partial charge in [0.1, 0.15) is 0 Å². The summed E-state index contributed by atoms with van der Waals surface area (Å²) >= 11 is 0. The minimum absolute atomic E-state index is 0.361. The lowest BCUT2D eigenvalue weighted by Gasteiger charge is -2.33. The van der Waals surface area contributed by atoms with Gasteiger partial charge in [-0.1, -0.05) is 0 Å². The second-order valence-corrected chi connectivity index (χ2v) is 7.79. The van der Waals surface area contributed by atoms with Crippen molar-refractivity contribution < 1.29 is 4.79 Å². The molecule has 6 nitrogen and oxygen atoms in total. The summed E-state index contributed by atoms with van der Waals surface area (Å²) in [5, 5.41) is 0. The predicted molar refractivity (Wildman–Crippen MR) is 104 cm³/mol. The molecule has 0 unspecified atom stereocenters. The van der Waals surface area contributed by atoms with Crippen LogP contribution in [0.4, 0.5) is 0 Å². The Labute approximate surface area is 161 Å². The number of piperidine rings is 1. The van der Waals surface area contributed by atoms with Crippen molar-refractivity contribution >= 4 is 5.91 Å². The fraction of sp³-hybridized carbons (Fsp3) is 0.571. The Balaban J connectivity index is 1.31. The van der Waals surface area contributed by atoms with Crippen molar-refractivity contribution in [3.63, 3.8) is 0 Å². The number of nitrogens with zero attached hydrogens (tertiary/aromatic N) is 5. The lowest BCUT2D eigenvalue weighted by atomic mass is 9.93. The summed E-state index contributed by atoms with van der Waals surface area (Å²) in [7, 11) is 0. The monoisotopic (exact) mass is 367 g/mol. The molecule has 0 N–H and O–H groups in total. The van der Waals surface area contributed by atoms with Crippen LogP contribution in [0.15, 0.2) is 36.8 Å². The molecule has 1 amide bonds. The van der Waals surface area contributed by atoms with E-state index in [0.717, 1.165) is 45.1 Å². The van der Waals surface area contributed by atoms with Crippen LogP contribution in [0, 0.1) is 5.92 Å². The Hall–Kier alpha value is -2.21. The van der Waals surface area contributed by atoms with Crippen molar-refractivity contribution in [3.05, 3.63) is 42.5 Å². The SMILES string of the molecule is O=C(CC[C@H]1CCCN(Cc2cccn2-c2ncccn2)C1)N1CCCC1. The molecule has 144 valence electrons. The highest BCUT2D eigenvalue weighted by molar-refractivity contribution is 5.76. The molecule has 2 aliphatic rings. The maximum atomic E-state index is 12.3. The Kier molecular flexibility index (Phi) is 5.82. The van der Waals surface area contributed by atoms with Crippen LogP contribution in [-0.4, -0.2) is 56.4 Å². The number of carbonyl (C=O) groups excluding carboxylic acids is 1. The van der Waals surface area contributed by atoms with E-state index in [-0.39, 0.29) is 0 Å².